The summed E-state index contributed by atoms with van der Waals surface area (Å²) in [6.45, 7) is 0. The zero-order valence-corrected chi connectivity index (χ0v) is 17.4. The molecule has 0 spiro atoms. The van der Waals surface area contributed by atoms with Crippen molar-refractivity contribution in [2.45, 2.75) is 17.7 Å². The van der Waals surface area contributed by atoms with Crippen molar-refractivity contribution in [2.75, 3.05) is 11.8 Å². The molecule has 0 aliphatic heterocycles. The van der Waals surface area contributed by atoms with E-state index in [1.54, 1.807) is 36.4 Å². The standard InChI is InChI=1S/C21H21N3O6S/c1-29-19-10-3-2-9-18(19)24-31(27,28)17-8-4-6-15(14-17)21(26)23-22-20(25)12-11-16-7-5-13-30-16/h2-10,13-14,24H,11-12H2,1H3,(H,22,25)(H,23,26). The van der Waals surface area contributed by atoms with Crippen molar-refractivity contribution in [3.05, 3.63) is 78.3 Å². The number of furan rings is 1. The lowest BCUT2D eigenvalue weighted by Gasteiger charge is -2.12. The van der Waals surface area contributed by atoms with Gasteiger partial charge in [-0.05, 0) is 42.5 Å². The average molecular weight is 443 g/mol. The summed E-state index contributed by atoms with van der Waals surface area (Å²) in [6.07, 6.45) is 2.01. The van der Waals surface area contributed by atoms with Crippen LogP contribution in [0, 0.1) is 0 Å². The largest absolute Gasteiger partial charge is 0.495 e. The summed E-state index contributed by atoms with van der Waals surface area (Å²) in [5, 5.41) is 0. The topological polar surface area (TPSA) is 127 Å². The normalized spacial score (nSPS) is 10.9. The molecule has 3 aromatic rings. The molecule has 31 heavy (non-hydrogen) atoms. The number of nitrogens with one attached hydrogen (secondary N) is 3. The molecule has 9 nitrogen and oxygen atoms in total. The van der Waals surface area contributed by atoms with Crippen LogP contribution in [0.1, 0.15) is 22.5 Å². The summed E-state index contributed by atoms with van der Waals surface area (Å²) in [7, 11) is -2.54. The van der Waals surface area contributed by atoms with E-state index in [-0.39, 0.29) is 22.6 Å². The van der Waals surface area contributed by atoms with Crippen LogP contribution in [0.2, 0.25) is 0 Å². The monoisotopic (exact) mass is 443 g/mol. The Balaban J connectivity index is 1.63. The van der Waals surface area contributed by atoms with Crippen molar-refractivity contribution in [2.24, 2.45) is 0 Å². The molecule has 1 aromatic heterocycles. The maximum atomic E-state index is 12.7. The zero-order valence-electron chi connectivity index (χ0n) is 16.6. The lowest BCUT2D eigenvalue weighted by atomic mass is 10.2. The first-order valence-electron chi connectivity index (χ1n) is 9.26. The highest BCUT2D eigenvalue weighted by molar-refractivity contribution is 7.92. The fourth-order valence-electron chi connectivity index (χ4n) is 2.69. The number of aryl methyl sites for hydroxylation is 1. The molecule has 3 N–H and O–H groups in total. The molecule has 3 rings (SSSR count). The second kappa shape index (κ2) is 9.81. The number of carbonyl (C=O) groups excluding carboxylic acids is 2. The molecule has 2 aromatic carbocycles. The molecule has 0 unspecified atom stereocenters. The van der Waals surface area contributed by atoms with Crippen molar-refractivity contribution in [1.82, 2.24) is 10.9 Å². The minimum absolute atomic E-state index is 0.0641. The van der Waals surface area contributed by atoms with Crippen molar-refractivity contribution < 1.29 is 27.2 Å². The summed E-state index contributed by atoms with van der Waals surface area (Å²) < 4.78 is 38.2. The number of amides is 2. The van der Waals surface area contributed by atoms with E-state index in [1.165, 1.54) is 37.6 Å². The first-order valence-corrected chi connectivity index (χ1v) is 10.7. The summed E-state index contributed by atoms with van der Waals surface area (Å²) in [5.41, 5.74) is 4.90. The van der Waals surface area contributed by atoms with E-state index in [2.05, 4.69) is 15.6 Å². The zero-order chi connectivity index (χ0) is 22.3. The Morgan fingerprint density at radius 2 is 1.81 bits per heavy atom. The third-order valence-corrected chi connectivity index (χ3v) is 5.62. The Hall–Kier alpha value is -3.79. The van der Waals surface area contributed by atoms with Gasteiger partial charge in [0.15, 0.2) is 0 Å². The van der Waals surface area contributed by atoms with E-state index in [1.807, 2.05) is 0 Å². The van der Waals surface area contributed by atoms with Crippen LogP contribution in [0.5, 0.6) is 5.75 Å². The molecule has 0 bridgehead atoms. The summed E-state index contributed by atoms with van der Waals surface area (Å²) in [4.78, 5) is 24.1. The number of sulfonamides is 1. The number of rotatable bonds is 8. The van der Waals surface area contributed by atoms with E-state index in [0.29, 0.717) is 17.9 Å². The molecule has 2 amide bonds. The van der Waals surface area contributed by atoms with E-state index >= 15 is 0 Å². The Morgan fingerprint density at radius 1 is 1.00 bits per heavy atom. The van der Waals surface area contributed by atoms with Gasteiger partial charge in [0.05, 0.1) is 24.0 Å². The predicted octanol–water partition coefficient (Wildman–Crippen LogP) is 2.48. The second-order valence-electron chi connectivity index (χ2n) is 6.42. The molecule has 1 heterocycles. The molecule has 0 saturated carbocycles. The van der Waals surface area contributed by atoms with Gasteiger partial charge in [-0.15, -0.1) is 0 Å². The lowest BCUT2D eigenvalue weighted by molar-refractivity contribution is -0.121. The van der Waals surface area contributed by atoms with Gasteiger partial charge in [0.2, 0.25) is 5.91 Å². The third kappa shape index (κ3) is 5.86. The van der Waals surface area contributed by atoms with Crippen LogP contribution in [0.25, 0.3) is 0 Å². The van der Waals surface area contributed by atoms with Gasteiger partial charge >= 0.3 is 0 Å². The SMILES string of the molecule is COc1ccccc1NS(=O)(=O)c1cccc(C(=O)NNC(=O)CCc2ccco2)c1. The highest BCUT2D eigenvalue weighted by atomic mass is 32.2. The van der Waals surface area contributed by atoms with Crippen LogP contribution in [-0.2, 0) is 21.2 Å². The van der Waals surface area contributed by atoms with E-state index in [4.69, 9.17) is 9.15 Å². The number of hydrogen-bond donors (Lipinski definition) is 3. The van der Waals surface area contributed by atoms with Crippen LogP contribution < -0.4 is 20.3 Å². The minimum Gasteiger partial charge on any atom is -0.495 e. The molecule has 0 fully saturated rings. The Bertz CT molecular complexity index is 1160. The molecule has 0 aliphatic carbocycles. The Morgan fingerprint density at radius 3 is 2.55 bits per heavy atom. The smallest absolute Gasteiger partial charge is 0.269 e. The molecule has 10 heteroatoms. The summed E-state index contributed by atoms with van der Waals surface area (Å²) >= 11 is 0. The molecular weight excluding hydrogens is 422 g/mol. The molecule has 162 valence electrons. The van der Waals surface area contributed by atoms with Gasteiger partial charge in [-0.3, -0.25) is 25.2 Å². The fraction of sp³-hybridized carbons (Fsp3) is 0.143. The average Bonchev–Trinajstić information content (AvgIpc) is 3.30. The van der Waals surface area contributed by atoms with Crippen LogP contribution in [0.15, 0.2) is 76.2 Å². The number of methoxy groups -OCH3 is 1. The number of hydrazine groups is 1. The van der Waals surface area contributed by atoms with Gasteiger partial charge in [0, 0.05) is 18.4 Å². The maximum Gasteiger partial charge on any atom is 0.269 e. The van der Waals surface area contributed by atoms with Crippen LogP contribution in [-0.4, -0.2) is 27.3 Å². The number of anilines is 1. The number of carbonyl (C=O) groups is 2. The highest BCUT2D eigenvalue weighted by Gasteiger charge is 2.18. The summed E-state index contributed by atoms with van der Waals surface area (Å²) in [5.74, 6) is -0.0498. The van der Waals surface area contributed by atoms with Crippen LogP contribution in [0.3, 0.4) is 0 Å². The first-order chi connectivity index (χ1) is 14.9. The number of para-hydroxylation sites is 2. The van der Waals surface area contributed by atoms with Crippen LogP contribution >= 0.6 is 0 Å². The van der Waals surface area contributed by atoms with Crippen molar-refractivity contribution in [3.8, 4) is 5.75 Å². The van der Waals surface area contributed by atoms with E-state index in [0.717, 1.165) is 0 Å². The van der Waals surface area contributed by atoms with Gasteiger partial charge < -0.3 is 9.15 Å². The number of benzene rings is 2. The Kier molecular flexibility index (Phi) is 6.93. The van der Waals surface area contributed by atoms with Gasteiger partial charge in [0.1, 0.15) is 11.5 Å². The third-order valence-electron chi connectivity index (χ3n) is 4.25. The van der Waals surface area contributed by atoms with Gasteiger partial charge in [-0.2, -0.15) is 0 Å². The fourth-order valence-corrected chi connectivity index (χ4v) is 3.81. The molecule has 0 saturated heterocycles. The second-order valence-corrected chi connectivity index (χ2v) is 8.10. The number of hydrogen-bond acceptors (Lipinski definition) is 6. The maximum absolute atomic E-state index is 12.7. The van der Waals surface area contributed by atoms with E-state index < -0.39 is 21.8 Å². The van der Waals surface area contributed by atoms with Crippen molar-refractivity contribution in [1.29, 1.82) is 0 Å². The van der Waals surface area contributed by atoms with Gasteiger partial charge in [-0.1, -0.05) is 18.2 Å². The molecule has 0 radical (unpaired) electrons. The Labute approximate surface area is 179 Å². The van der Waals surface area contributed by atoms with Crippen molar-refractivity contribution in [3.63, 3.8) is 0 Å². The molecule has 0 atom stereocenters. The van der Waals surface area contributed by atoms with Crippen molar-refractivity contribution >= 4 is 27.5 Å². The first kappa shape index (κ1) is 21.9. The minimum atomic E-state index is -3.97. The quantitative estimate of drug-likeness (QED) is 0.459. The lowest BCUT2D eigenvalue weighted by Crippen LogP contribution is -2.41. The van der Waals surface area contributed by atoms with Gasteiger partial charge in [0.25, 0.3) is 15.9 Å². The molecular formula is C21H21N3O6S. The number of ether oxygens (including phenoxy) is 1. The van der Waals surface area contributed by atoms with Crippen LogP contribution in [0.4, 0.5) is 5.69 Å². The molecule has 0 aliphatic rings. The predicted molar refractivity (Wildman–Crippen MR) is 113 cm³/mol. The summed E-state index contributed by atoms with van der Waals surface area (Å²) in [6, 6.07) is 15.5. The highest BCUT2D eigenvalue weighted by Crippen LogP contribution is 2.26. The van der Waals surface area contributed by atoms with Gasteiger partial charge in [-0.25, -0.2) is 8.42 Å². The van der Waals surface area contributed by atoms with E-state index in [9.17, 15) is 18.0 Å².